The maximum absolute atomic E-state index is 13.7. The van der Waals surface area contributed by atoms with Gasteiger partial charge in [-0.1, -0.05) is 11.3 Å². The summed E-state index contributed by atoms with van der Waals surface area (Å²) in [6.45, 7) is 1.03. The average Bonchev–Trinajstić information content (AvgIpc) is 3.64. The Morgan fingerprint density at radius 3 is 2.69 bits per heavy atom. The van der Waals surface area contributed by atoms with Crippen LogP contribution in [-0.2, 0) is 21.3 Å². The van der Waals surface area contributed by atoms with Gasteiger partial charge in [0.2, 0.25) is 10.0 Å². The highest BCUT2D eigenvalue weighted by Crippen LogP contribution is 2.31. The predicted octanol–water partition coefficient (Wildman–Crippen LogP) is 4.67. The number of hydrogen-bond donors (Lipinski definition) is 0. The monoisotopic (exact) mass is 529 g/mol. The molecule has 1 saturated heterocycles. The average molecular weight is 530 g/mol. The Morgan fingerprint density at radius 1 is 1.19 bits per heavy atom. The molecule has 4 aromatic rings. The lowest BCUT2D eigenvalue weighted by atomic mass is 10.2. The van der Waals surface area contributed by atoms with Crippen LogP contribution in [0.4, 0.5) is 9.52 Å². The molecule has 0 bridgehead atoms. The van der Waals surface area contributed by atoms with Crippen molar-refractivity contribution in [3.8, 4) is 0 Å². The maximum Gasteiger partial charge on any atom is 0.260 e. The summed E-state index contributed by atoms with van der Waals surface area (Å²) in [6, 6.07) is 13.5. The molecule has 2 aromatic heterocycles. The van der Waals surface area contributed by atoms with E-state index in [4.69, 9.17) is 9.15 Å². The van der Waals surface area contributed by atoms with Crippen molar-refractivity contribution in [3.63, 3.8) is 0 Å². The summed E-state index contributed by atoms with van der Waals surface area (Å²) < 4.78 is 52.6. The van der Waals surface area contributed by atoms with Gasteiger partial charge in [0.15, 0.2) is 5.13 Å². The van der Waals surface area contributed by atoms with E-state index in [9.17, 15) is 17.6 Å². The number of carbonyl (C=O) groups excluding carboxylic acids is 1. The highest BCUT2D eigenvalue weighted by atomic mass is 32.2. The number of benzene rings is 2. The largest absolute Gasteiger partial charge is 0.467 e. The number of hydrogen-bond acceptors (Lipinski definition) is 7. The lowest BCUT2D eigenvalue weighted by molar-refractivity contribution is 0.0978. The second-order valence-corrected chi connectivity index (χ2v) is 11.6. The van der Waals surface area contributed by atoms with Gasteiger partial charge in [0.25, 0.3) is 5.91 Å². The van der Waals surface area contributed by atoms with Crippen molar-refractivity contribution in [3.05, 3.63) is 78.0 Å². The van der Waals surface area contributed by atoms with Gasteiger partial charge in [0.05, 0.1) is 34.0 Å². The van der Waals surface area contributed by atoms with Crippen molar-refractivity contribution < 1.29 is 26.8 Å². The van der Waals surface area contributed by atoms with Gasteiger partial charge < -0.3 is 9.15 Å². The first-order valence-electron chi connectivity index (χ1n) is 11.4. The van der Waals surface area contributed by atoms with Crippen LogP contribution in [0, 0.1) is 5.82 Å². The summed E-state index contributed by atoms with van der Waals surface area (Å²) in [7, 11) is -2.21. The van der Waals surface area contributed by atoms with Crippen LogP contribution in [0.1, 0.15) is 29.0 Å². The van der Waals surface area contributed by atoms with E-state index >= 15 is 0 Å². The molecule has 11 heteroatoms. The van der Waals surface area contributed by atoms with Crippen molar-refractivity contribution in [2.45, 2.75) is 30.4 Å². The number of likely N-dealkylation sites (N-methyl/N-ethyl adjacent to an activating group) is 1. The lowest BCUT2D eigenvalue weighted by Gasteiger charge is -2.21. The van der Waals surface area contributed by atoms with Crippen LogP contribution >= 0.6 is 11.3 Å². The molecule has 188 valence electrons. The van der Waals surface area contributed by atoms with Gasteiger partial charge in [0.1, 0.15) is 11.6 Å². The number of anilines is 1. The van der Waals surface area contributed by atoms with E-state index in [2.05, 4.69) is 4.98 Å². The summed E-state index contributed by atoms with van der Waals surface area (Å²) in [5, 5.41) is 0.380. The third-order valence-corrected chi connectivity index (χ3v) is 8.88. The smallest absolute Gasteiger partial charge is 0.260 e. The number of ether oxygens (including phenoxy) is 1. The van der Waals surface area contributed by atoms with Gasteiger partial charge in [-0.2, -0.15) is 4.31 Å². The van der Waals surface area contributed by atoms with E-state index in [1.165, 1.54) is 70.3 Å². The molecule has 36 heavy (non-hydrogen) atoms. The predicted molar refractivity (Wildman–Crippen MR) is 134 cm³/mol. The highest BCUT2D eigenvalue weighted by molar-refractivity contribution is 7.89. The summed E-state index contributed by atoms with van der Waals surface area (Å²) in [5.74, 6) is -0.228. The molecule has 0 aliphatic carbocycles. The number of amides is 1. The topological polar surface area (TPSA) is 93.0 Å². The molecule has 1 atom stereocenters. The van der Waals surface area contributed by atoms with E-state index in [0.717, 1.165) is 12.8 Å². The number of thiazole rings is 1. The number of furan rings is 1. The minimum absolute atomic E-state index is 0.0904. The molecule has 2 aromatic carbocycles. The van der Waals surface area contributed by atoms with E-state index in [0.29, 0.717) is 27.7 Å². The van der Waals surface area contributed by atoms with Crippen molar-refractivity contribution in [1.82, 2.24) is 9.29 Å². The van der Waals surface area contributed by atoms with Gasteiger partial charge in [-0.15, -0.1) is 0 Å². The van der Waals surface area contributed by atoms with Crippen LogP contribution in [0.15, 0.2) is 70.2 Å². The normalized spacial score (nSPS) is 16.1. The highest BCUT2D eigenvalue weighted by Gasteiger charge is 2.27. The Balaban J connectivity index is 1.41. The number of aromatic nitrogens is 1. The zero-order valence-electron chi connectivity index (χ0n) is 19.5. The summed E-state index contributed by atoms with van der Waals surface area (Å²) >= 11 is 1.19. The van der Waals surface area contributed by atoms with Gasteiger partial charge >= 0.3 is 0 Å². The minimum atomic E-state index is -3.74. The zero-order valence-corrected chi connectivity index (χ0v) is 21.1. The molecule has 5 rings (SSSR count). The summed E-state index contributed by atoms with van der Waals surface area (Å²) in [5.41, 5.74) is 0.858. The first kappa shape index (κ1) is 24.6. The molecular formula is C25H24FN3O5S2. The van der Waals surface area contributed by atoms with Gasteiger partial charge in [-0.25, -0.2) is 17.8 Å². The Bertz CT molecular complexity index is 1460. The van der Waals surface area contributed by atoms with Crippen LogP contribution in [0.2, 0.25) is 0 Å². The van der Waals surface area contributed by atoms with Crippen molar-refractivity contribution in [1.29, 1.82) is 0 Å². The number of fused-ring (bicyclic) bond motifs is 1. The Hall–Kier alpha value is -3.12. The number of halogens is 1. The van der Waals surface area contributed by atoms with Gasteiger partial charge in [-0.05, 0) is 67.4 Å². The molecule has 0 N–H and O–H groups in total. The molecule has 1 amide bonds. The lowest BCUT2D eigenvalue weighted by Crippen LogP contribution is -2.34. The van der Waals surface area contributed by atoms with E-state index in [-0.39, 0.29) is 41.4 Å². The van der Waals surface area contributed by atoms with Crippen LogP contribution in [0.3, 0.4) is 0 Å². The first-order chi connectivity index (χ1) is 17.3. The summed E-state index contributed by atoms with van der Waals surface area (Å²) in [6.07, 6.45) is 3.16. The number of carbonyl (C=O) groups is 1. The number of sulfonamides is 1. The molecule has 1 fully saturated rings. The van der Waals surface area contributed by atoms with E-state index in [1.54, 1.807) is 18.2 Å². The fraction of sp³-hybridized carbons (Fsp3) is 0.280. The fourth-order valence-corrected chi connectivity index (χ4v) is 6.26. The van der Waals surface area contributed by atoms with E-state index in [1.807, 2.05) is 0 Å². The molecule has 1 unspecified atom stereocenters. The Kier molecular flexibility index (Phi) is 6.89. The van der Waals surface area contributed by atoms with Crippen LogP contribution < -0.4 is 4.90 Å². The maximum atomic E-state index is 13.7. The Morgan fingerprint density at radius 2 is 2.00 bits per heavy atom. The molecule has 8 nitrogen and oxygen atoms in total. The second kappa shape index (κ2) is 10.1. The third-order valence-electron chi connectivity index (χ3n) is 6.00. The van der Waals surface area contributed by atoms with E-state index < -0.39 is 10.0 Å². The number of nitrogens with zero attached hydrogens (tertiary/aromatic N) is 3. The zero-order chi connectivity index (χ0) is 25.3. The molecular weight excluding hydrogens is 505 g/mol. The van der Waals surface area contributed by atoms with Crippen molar-refractivity contribution >= 4 is 42.6 Å². The van der Waals surface area contributed by atoms with Crippen LogP contribution in [0.25, 0.3) is 10.2 Å². The standard InChI is InChI=1S/C25H24FN3O5S2/c1-28(15-19-4-2-12-33-19)36(31,32)21-9-6-17(7-10-21)24(30)29(16-20-5-3-13-34-20)25-27-22-11-8-18(26)14-23(22)35-25/h3,5-11,13-14,19H,2,4,12,15-16H2,1H3. The summed E-state index contributed by atoms with van der Waals surface area (Å²) in [4.78, 5) is 19.6. The van der Waals surface area contributed by atoms with Crippen LogP contribution in [-0.4, -0.2) is 49.9 Å². The fourth-order valence-electron chi connectivity index (χ4n) is 4.06. The number of rotatable bonds is 8. The molecule has 0 spiro atoms. The van der Waals surface area contributed by atoms with Gasteiger partial charge in [0, 0.05) is 25.8 Å². The quantitative estimate of drug-likeness (QED) is 0.329. The van der Waals surface area contributed by atoms with Crippen molar-refractivity contribution in [2.75, 3.05) is 25.1 Å². The molecule has 3 heterocycles. The molecule has 0 radical (unpaired) electrons. The first-order valence-corrected chi connectivity index (χ1v) is 13.7. The van der Waals surface area contributed by atoms with Crippen LogP contribution in [0.5, 0.6) is 0 Å². The Labute approximate surface area is 212 Å². The minimum Gasteiger partial charge on any atom is -0.467 e. The second-order valence-electron chi connectivity index (χ2n) is 8.52. The van der Waals surface area contributed by atoms with Crippen molar-refractivity contribution in [2.24, 2.45) is 0 Å². The SMILES string of the molecule is CN(CC1CCCO1)S(=O)(=O)c1ccc(C(=O)N(Cc2ccco2)c2nc3ccc(F)cc3s2)cc1. The molecule has 0 saturated carbocycles. The molecule has 1 aliphatic heterocycles. The molecule has 1 aliphatic rings. The van der Waals surface area contributed by atoms with Gasteiger partial charge in [-0.3, -0.25) is 9.69 Å². The third kappa shape index (κ3) is 5.05.